The summed E-state index contributed by atoms with van der Waals surface area (Å²) >= 11 is 5.99. The van der Waals surface area contributed by atoms with Crippen molar-refractivity contribution >= 4 is 34.9 Å². The van der Waals surface area contributed by atoms with E-state index in [2.05, 4.69) is 0 Å². The third-order valence-electron chi connectivity index (χ3n) is 6.92. The predicted octanol–water partition coefficient (Wildman–Crippen LogP) is 2.37. The Balaban J connectivity index is 1.56. The van der Waals surface area contributed by atoms with Gasteiger partial charge < -0.3 is 4.90 Å². The van der Waals surface area contributed by atoms with E-state index in [-0.39, 0.29) is 23.6 Å². The van der Waals surface area contributed by atoms with Gasteiger partial charge in [-0.25, -0.2) is 4.90 Å². The molecule has 5 atom stereocenters. The van der Waals surface area contributed by atoms with Crippen LogP contribution in [0.15, 0.2) is 42.5 Å². The van der Waals surface area contributed by atoms with Gasteiger partial charge in [0.25, 0.3) is 0 Å². The fourth-order valence-corrected chi connectivity index (χ4v) is 6.00. The number of carbonyl (C=O) groups excluding carboxylic acids is 3. The Morgan fingerprint density at radius 3 is 2.30 bits per heavy atom. The molecule has 30 heavy (non-hydrogen) atoms. The number of nitrogens with zero attached hydrogens (tertiary/aromatic N) is 1. The first kappa shape index (κ1) is 19.5. The highest BCUT2D eigenvalue weighted by Crippen LogP contribution is 2.40. The van der Waals surface area contributed by atoms with Gasteiger partial charge in [0.1, 0.15) is 17.9 Å². The normalized spacial score (nSPS) is 30.0. The number of amides is 2. The Labute approximate surface area is 180 Å². The summed E-state index contributed by atoms with van der Waals surface area (Å²) in [6.45, 7) is 4.74. The molecule has 3 heterocycles. The fraction of sp³-hybridized carbons (Fsp3) is 0.375. The molecule has 2 aromatic carbocycles. The molecule has 3 aliphatic heterocycles. The van der Waals surface area contributed by atoms with Crippen molar-refractivity contribution in [3.8, 4) is 0 Å². The van der Waals surface area contributed by atoms with Crippen LogP contribution >= 0.6 is 11.6 Å². The lowest BCUT2D eigenvalue weighted by Gasteiger charge is -2.25. The highest BCUT2D eigenvalue weighted by atomic mass is 35.5. The van der Waals surface area contributed by atoms with Gasteiger partial charge in [-0.15, -0.1) is 0 Å². The summed E-state index contributed by atoms with van der Waals surface area (Å²) in [6.07, 6.45) is 1.85. The van der Waals surface area contributed by atoms with Crippen LogP contribution in [-0.2, 0) is 9.59 Å². The average Bonchev–Trinajstić information content (AvgIpc) is 3.33. The predicted molar refractivity (Wildman–Crippen MR) is 114 cm³/mol. The average molecular weight is 424 g/mol. The van der Waals surface area contributed by atoms with E-state index >= 15 is 0 Å². The number of imide groups is 1. The number of fused-ring (bicyclic) bond motifs is 3. The van der Waals surface area contributed by atoms with E-state index in [9.17, 15) is 14.4 Å². The number of ketones is 1. The van der Waals surface area contributed by atoms with Gasteiger partial charge >= 0.3 is 0 Å². The van der Waals surface area contributed by atoms with E-state index in [1.807, 2.05) is 32.0 Å². The van der Waals surface area contributed by atoms with Crippen molar-refractivity contribution < 1.29 is 19.3 Å². The topological polar surface area (TPSA) is 58.9 Å². The van der Waals surface area contributed by atoms with Crippen LogP contribution in [0.3, 0.4) is 0 Å². The highest BCUT2D eigenvalue weighted by Gasteiger charge is 2.68. The summed E-state index contributed by atoms with van der Waals surface area (Å²) in [4.78, 5) is 43.0. The number of halogens is 1. The van der Waals surface area contributed by atoms with Gasteiger partial charge in [-0.1, -0.05) is 17.7 Å². The number of aryl methyl sites for hydroxylation is 2. The smallest absolute Gasteiger partial charge is 0.244 e. The monoisotopic (exact) mass is 423 g/mol. The first-order valence-electron chi connectivity index (χ1n) is 10.5. The van der Waals surface area contributed by atoms with Crippen molar-refractivity contribution in [1.29, 1.82) is 0 Å². The standard InChI is InChI=1S/C24H23ClN2O3/c1-13-10-14(2)12-17(11-13)27-23(29)19-18-4-3-9-26(18)21(20(19)24(27)30)22(28)15-5-7-16(25)8-6-15/h5-8,10-12,18-21H,3-4,9H2,1-2H3/p+1/t18-,19+,20+,21-/m0/s1. The number of rotatable bonds is 3. The summed E-state index contributed by atoms with van der Waals surface area (Å²) in [5, 5.41) is 0.565. The van der Waals surface area contributed by atoms with E-state index in [4.69, 9.17) is 11.6 Å². The molecule has 3 aliphatic rings. The van der Waals surface area contributed by atoms with Gasteiger partial charge in [0.15, 0.2) is 6.04 Å². The third-order valence-corrected chi connectivity index (χ3v) is 7.17. The molecule has 2 amide bonds. The number of Topliss-reactive ketones (excluding diaryl/α,β-unsaturated/α-hetero) is 1. The molecule has 3 fully saturated rings. The molecule has 0 aromatic heterocycles. The molecule has 0 aliphatic carbocycles. The minimum Gasteiger partial charge on any atom is -0.322 e. The molecule has 0 bridgehead atoms. The molecule has 1 N–H and O–H groups in total. The molecule has 6 heteroatoms. The maximum atomic E-state index is 13.6. The minimum absolute atomic E-state index is 0.0311. The van der Waals surface area contributed by atoms with E-state index in [0.717, 1.165) is 35.4 Å². The number of anilines is 1. The number of hydrogen-bond donors (Lipinski definition) is 1. The Morgan fingerprint density at radius 2 is 1.63 bits per heavy atom. The number of quaternary nitrogens is 1. The van der Waals surface area contributed by atoms with Gasteiger partial charge in [0.2, 0.25) is 17.6 Å². The maximum Gasteiger partial charge on any atom is 0.244 e. The lowest BCUT2D eigenvalue weighted by molar-refractivity contribution is -0.915. The zero-order chi connectivity index (χ0) is 21.2. The van der Waals surface area contributed by atoms with Gasteiger partial charge in [-0.05, 0) is 61.4 Å². The van der Waals surface area contributed by atoms with Gasteiger partial charge in [-0.3, -0.25) is 14.4 Å². The number of benzene rings is 2. The summed E-state index contributed by atoms with van der Waals surface area (Å²) in [5.74, 6) is -1.46. The molecule has 0 radical (unpaired) electrons. The maximum absolute atomic E-state index is 13.6. The van der Waals surface area contributed by atoms with Crippen molar-refractivity contribution in [3.63, 3.8) is 0 Å². The van der Waals surface area contributed by atoms with E-state index in [1.165, 1.54) is 4.90 Å². The molecule has 2 aromatic rings. The number of hydrogen-bond acceptors (Lipinski definition) is 3. The van der Waals surface area contributed by atoms with Crippen LogP contribution in [-0.4, -0.2) is 36.2 Å². The van der Waals surface area contributed by atoms with Gasteiger partial charge in [-0.2, -0.15) is 0 Å². The second kappa shape index (κ2) is 7.03. The third kappa shape index (κ3) is 2.83. The molecule has 0 saturated carbocycles. The van der Waals surface area contributed by atoms with Crippen LogP contribution in [0.4, 0.5) is 5.69 Å². The first-order valence-corrected chi connectivity index (χ1v) is 10.9. The van der Waals surface area contributed by atoms with Crippen molar-refractivity contribution in [2.75, 3.05) is 11.4 Å². The van der Waals surface area contributed by atoms with Gasteiger partial charge in [0.05, 0.1) is 12.2 Å². The Kier molecular flexibility index (Phi) is 4.56. The molecule has 1 unspecified atom stereocenters. The Bertz CT molecular complexity index is 1040. The molecule has 3 saturated heterocycles. The second-order valence-electron chi connectivity index (χ2n) is 8.83. The zero-order valence-corrected chi connectivity index (χ0v) is 17.8. The quantitative estimate of drug-likeness (QED) is 0.609. The van der Waals surface area contributed by atoms with Crippen molar-refractivity contribution in [2.45, 2.75) is 38.8 Å². The van der Waals surface area contributed by atoms with Crippen molar-refractivity contribution in [2.24, 2.45) is 11.8 Å². The largest absolute Gasteiger partial charge is 0.322 e. The van der Waals surface area contributed by atoms with Crippen LogP contribution in [0.1, 0.15) is 34.3 Å². The summed E-state index contributed by atoms with van der Waals surface area (Å²) in [7, 11) is 0. The van der Waals surface area contributed by atoms with Crippen LogP contribution in [0.5, 0.6) is 0 Å². The minimum atomic E-state index is -0.596. The van der Waals surface area contributed by atoms with Gasteiger partial charge in [0, 0.05) is 23.4 Å². The SMILES string of the molecule is Cc1cc(C)cc(N2C(=O)[C@@H]3[C@H](C2=O)[C@@H]2CCC[NH+]2[C@@H]3C(=O)c2ccc(Cl)cc2)c1. The van der Waals surface area contributed by atoms with E-state index < -0.39 is 17.9 Å². The van der Waals surface area contributed by atoms with Crippen LogP contribution < -0.4 is 9.80 Å². The Hall–Kier alpha value is -2.50. The first-order chi connectivity index (χ1) is 14.4. The van der Waals surface area contributed by atoms with Crippen LogP contribution in [0.25, 0.3) is 0 Å². The molecular formula is C24H24ClN2O3+. The summed E-state index contributed by atoms with van der Waals surface area (Å²) < 4.78 is 0. The Morgan fingerprint density at radius 1 is 1.00 bits per heavy atom. The lowest BCUT2D eigenvalue weighted by Crippen LogP contribution is -3.16. The summed E-state index contributed by atoms with van der Waals surface area (Å²) in [6, 6.07) is 12.1. The zero-order valence-electron chi connectivity index (χ0n) is 17.0. The molecule has 154 valence electrons. The van der Waals surface area contributed by atoms with Crippen LogP contribution in [0.2, 0.25) is 5.02 Å². The van der Waals surface area contributed by atoms with E-state index in [1.54, 1.807) is 24.3 Å². The molecular weight excluding hydrogens is 400 g/mol. The van der Waals surface area contributed by atoms with Crippen LogP contribution in [0, 0.1) is 25.7 Å². The fourth-order valence-electron chi connectivity index (χ4n) is 5.87. The molecule has 5 nitrogen and oxygen atoms in total. The van der Waals surface area contributed by atoms with E-state index in [0.29, 0.717) is 16.3 Å². The van der Waals surface area contributed by atoms with Crippen molar-refractivity contribution in [1.82, 2.24) is 0 Å². The number of nitrogens with one attached hydrogen (secondary N) is 1. The van der Waals surface area contributed by atoms with Crippen molar-refractivity contribution in [3.05, 3.63) is 64.2 Å². The molecule has 0 spiro atoms. The highest BCUT2D eigenvalue weighted by molar-refractivity contribution is 6.30. The summed E-state index contributed by atoms with van der Waals surface area (Å²) in [5.41, 5.74) is 3.18. The second-order valence-corrected chi connectivity index (χ2v) is 9.27. The lowest BCUT2D eigenvalue weighted by atomic mass is 9.85. The molecule has 5 rings (SSSR count). The number of carbonyl (C=O) groups is 3.